The van der Waals surface area contributed by atoms with Gasteiger partial charge in [-0.15, -0.1) is 0 Å². The molecule has 6 heteroatoms. The molecule has 2 rings (SSSR count). The van der Waals surface area contributed by atoms with Crippen LogP contribution in [-0.4, -0.2) is 28.3 Å². The molecule has 1 aliphatic heterocycles. The second kappa shape index (κ2) is 6.46. The maximum absolute atomic E-state index is 14.3. The Kier molecular flexibility index (Phi) is 5.02. The zero-order valence-electron chi connectivity index (χ0n) is 13.1. The number of hydrogen-bond acceptors (Lipinski definition) is 4. The van der Waals surface area contributed by atoms with Gasteiger partial charge >= 0.3 is 6.09 Å². The summed E-state index contributed by atoms with van der Waals surface area (Å²) >= 11 is 1.76. The number of aliphatic hydroxyl groups is 1. The predicted molar refractivity (Wildman–Crippen MR) is 86.7 cm³/mol. The largest absolute Gasteiger partial charge is 0.444 e. The summed E-state index contributed by atoms with van der Waals surface area (Å²) in [5.74, 6) is 1.12. The Balaban J connectivity index is 2.11. The van der Waals surface area contributed by atoms with Gasteiger partial charge in [0.05, 0.1) is 5.60 Å². The highest BCUT2D eigenvalue weighted by Gasteiger charge is 2.34. The van der Waals surface area contributed by atoms with Crippen LogP contribution in [0.25, 0.3) is 0 Å². The fraction of sp³-hybridized carbons (Fsp3) is 0.562. The standard InChI is InChI=1S/C16H22FNO3S/c1-15(2,3)21-14(19)18-11-4-5-12(13(17)10-11)16(20)6-8-22-9-7-16/h4-5,10,20H,6-9H2,1-3H3,(H,18,19). The number of ether oxygens (including phenoxy) is 1. The lowest BCUT2D eigenvalue weighted by atomic mass is 9.87. The molecule has 1 amide bonds. The second-order valence-electron chi connectivity index (χ2n) is 6.47. The minimum Gasteiger partial charge on any atom is -0.444 e. The van der Waals surface area contributed by atoms with Crippen LogP contribution in [0, 0.1) is 5.82 Å². The lowest BCUT2D eigenvalue weighted by Crippen LogP contribution is -2.31. The first-order valence-electron chi connectivity index (χ1n) is 7.30. The number of rotatable bonds is 2. The molecule has 1 aliphatic rings. The van der Waals surface area contributed by atoms with E-state index >= 15 is 0 Å². The van der Waals surface area contributed by atoms with Gasteiger partial charge in [-0.3, -0.25) is 5.32 Å². The summed E-state index contributed by atoms with van der Waals surface area (Å²) < 4.78 is 19.4. The van der Waals surface area contributed by atoms with Crippen LogP contribution in [0.4, 0.5) is 14.9 Å². The molecule has 0 atom stereocenters. The Morgan fingerprint density at radius 2 is 2.00 bits per heavy atom. The van der Waals surface area contributed by atoms with E-state index in [0.29, 0.717) is 24.1 Å². The molecule has 0 aliphatic carbocycles. The van der Waals surface area contributed by atoms with E-state index in [4.69, 9.17) is 4.74 Å². The zero-order valence-corrected chi connectivity index (χ0v) is 13.9. The molecule has 4 nitrogen and oxygen atoms in total. The number of carbonyl (C=O) groups is 1. The van der Waals surface area contributed by atoms with Crippen molar-refractivity contribution in [1.29, 1.82) is 0 Å². The van der Waals surface area contributed by atoms with Crippen molar-refractivity contribution in [2.75, 3.05) is 16.8 Å². The molecule has 0 aromatic heterocycles. The van der Waals surface area contributed by atoms with Gasteiger partial charge in [0.15, 0.2) is 0 Å². The summed E-state index contributed by atoms with van der Waals surface area (Å²) in [7, 11) is 0. The first-order chi connectivity index (χ1) is 10.2. The molecule has 1 fully saturated rings. The molecule has 1 heterocycles. The van der Waals surface area contributed by atoms with E-state index in [9.17, 15) is 14.3 Å². The number of amides is 1. The second-order valence-corrected chi connectivity index (χ2v) is 7.69. The number of halogens is 1. The molecule has 1 saturated heterocycles. The van der Waals surface area contributed by atoms with Crippen LogP contribution in [0.2, 0.25) is 0 Å². The molecule has 1 aromatic rings. The van der Waals surface area contributed by atoms with Gasteiger partial charge in [0, 0.05) is 11.3 Å². The lowest BCUT2D eigenvalue weighted by Gasteiger charge is -2.32. The number of nitrogens with one attached hydrogen (secondary N) is 1. The van der Waals surface area contributed by atoms with Crippen molar-refractivity contribution in [3.8, 4) is 0 Å². The summed E-state index contributed by atoms with van der Waals surface area (Å²) in [6.45, 7) is 5.27. The maximum Gasteiger partial charge on any atom is 0.412 e. The van der Waals surface area contributed by atoms with E-state index in [0.717, 1.165) is 11.5 Å². The summed E-state index contributed by atoms with van der Waals surface area (Å²) in [6, 6.07) is 4.35. The number of thioether (sulfide) groups is 1. The smallest absolute Gasteiger partial charge is 0.412 e. The van der Waals surface area contributed by atoms with Gasteiger partial charge in [0.25, 0.3) is 0 Å². The topological polar surface area (TPSA) is 58.6 Å². The van der Waals surface area contributed by atoms with Gasteiger partial charge in [0.1, 0.15) is 11.4 Å². The highest BCUT2D eigenvalue weighted by atomic mass is 32.2. The normalized spacial score (nSPS) is 17.9. The van der Waals surface area contributed by atoms with Gasteiger partial charge in [-0.05, 0) is 57.3 Å². The Hall–Kier alpha value is -1.27. The third-order valence-corrected chi connectivity index (χ3v) is 4.42. The van der Waals surface area contributed by atoms with Gasteiger partial charge < -0.3 is 9.84 Å². The van der Waals surface area contributed by atoms with Crippen LogP contribution in [0.15, 0.2) is 18.2 Å². The average Bonchev–Trinajstić information content (AvgIpc) is 2.36. The fourth-order valence-corrected chi connectivity index (χ4v) is 3.54. The molecular weight excluding hydrogens is 305 g/mol. The summed E-state index contributed by atoms with van der Waals surface area (Å²) in [5.41, 5.74) is -1.12. The number of hydrogen-bond donors (Lipinski definition) is 2. The van der Waals surface area contributed by atoms with Crippen molar-refractivity contribution in [3.63, 3.8) is 0 Å². The van der Waals surface area contributed by atoms with Crippen LogP contribution in [0.3, 0.4) is 0 Å². The van der Waals surface area contributed by atoms with Crippen molar-refractivity contribution >= 4 is 23.5 Å². The molecule has 122 valence electrons. The van der Waals surface area contributed by atoms with Crippen LogP contribution in [0.5, 0.6) is 0 Å². The van der Waals surface area contributed by atoms with E-state index in [1.807, 2.05) is 0 Å². The van der Waals surface area contributed by atoms with E-state index in [1.165, 1.54) is 12.1 Å². The van der Waals surface area contributed by atoms with Crippen molar-refractivity contribution < 1.29 is 19.0 Å². The molecule has 0 bridgehead atoms. The van der Waals surface area contributed by atoms with Crippen LogP contribution >= 0.6 is 11.8 Å². The van der Waals surface area contributed by atoms with E-state index < -0.39 is 23.1 Å². The number of carbonyl (C=O) groups excluding carboxylic acids is 1. The Morgan fingerprint density at radius 3 is 2.55 bits per heavy atom. The number of anilines is 1. The monoisotopic (exact) mass is 327 g/mol. The first kappa shape index (κ1) is 17.1. The van der Waals surface area contributed by atoms with Crippen molar-refractivity contribution in [2.45, 2.75) is 44.8 Å². The third-order valence-electron chi connectivity index (χ3n) is 3.44. The van der Waals surface area contributed by atoms with E-state index in [2.05, 4.69) is 5.32 Å². The molecular formula is C16H22FNO3S. The Labute approximate surface area is 134 Å². The molecule has 22 heavy (non-hydrogen) atoms. The minimum absolute atomic E-state index is 0.294. The third kappa shape index (κ3) is 4.36. The van der Waals surface area contributed by atoms with Gasteiger partial charge in [0.2, 0.25) is 0 Å². The van der Waals surface area contributed by atoms with Gasteiger partial charge in [-0.2, -0.15) is 11.8 Å². The zero-order chi connectivity index (χ0) is 16.4. The van der Waals surface area contributed by atoms with Crippen molar-refractivity contribution in [2.24, 2.45) is 0 Å². The Morgan fingerprint density at radius 1 is 1.36 bits per heavy atom. The summed E-state index contributed by atoms with van der Waals surface area (Å²) in [6.07, 6.45) is 0.438. The van der Waals surface area contributed by atoms with Crippen molar-refractivity contribution in [1.82, 2.24) is 0 Å². The minimum atomic E-state index is -1.11. The van der Waals surface area contributed by atoms with Crippen LogP contribution < -0.4 is 5.32 Å². The van der Waals surface area contributed by atoms with Gasteiger partial charge in [-0.25, -0.2) is 9.18 Å². The quantitative estimate of drug-likeness (QED) is 0.865. The Bertz CT molecular complexity index is 551. The van der Waals surface area contributed by atoms with Crippen molar-refractivity contribution in [3.05, 3.63) is 29.6 Å². The molecule has 1 aromatic carbocycles. The lowest BCUT2D eigenvalue weighted by molar-refractivity contribution is 0.0246. The van der Waals surface area contributed by atoms with E-state index in [1.54, 1.807) is 38.6 Å². The molecule has 0 spiro atoms. The van der Waals surface area contributed by atoms with Crippen LogP contribution in [0.1, 0.15) is 39.2 Å². The predicted octanol–water partition coefficient (Wildman–Crippen LogP) is 3.89. The first-order valence-corrected chi connectivity index (χ1v) is 8.45. The summed E-state index contributed by atoms with van der Waals surface area (Å²) in [4.78, 5) is 11.7. The SMILES string of the molecule is CC(C)(C)OC(=O)Nc1ccc(C2(O)CCSCC2)c(F)c1. The molecule has 0 radical (unpaired) electrons. The van der Waals surface area contributed by atoms with Crippen LogP contribution in [-0.2, 0) is 10.3 Å². The van der Waals surface area contributed by atoms with Gasteiger partial charge in [-0.1, -0.05) is 6.07 Å². The fourth-order valence-electron chi connectivity index (χ4n) is 2.37. The number of benzene rings is 1. The molecule has 0 saturated carbocycles. The summed E-state index contributed by atoms with van der Waals surface area (Å²) in [5, 5.41) is 13.1. The molecule has 2 N–H and O–H groups in total. The maximum atomic E-state index is 14.3. The molecule has 0 unspecified atom stereocenters. The highest BCUT2D eigenvalue weighted by molar-refractivity contribution is 7.99. The average molecular weight is 327 g/mol. The highest BCUT2D eigenvalue weighted by Crippen LogP contribution is 2.37. The van der Waals surface area contributed by atoms with E-state index in [-0.39, 0.29) is 0 Å².